The van der Waals surface area contributed by atoms with Crippen molar-refractivity contribution in [3.05, 3.63) is 0 Å². The highest BCUT2D eigenvalue weighted by atomic mass is 16.1. The Bertz CT molecular complexity index is 214. The van der Waals surface area contributed by atoms with E-state index in [1.807, 2.05) is 7.05 Å². The summed E-state index contributed by atoms with van der Waals surface area (Å²) in [5.41, 5.74) is 0.0662. The minimum absolute atomic E-state index is 0.0662. The molecule has 0 spiro atoms. The van der Waals surface area contributed by atoms with Crippen molar-refractivity contribution in [3.8, 4) is 0 Å². The molecule has 0 saturated heterocycles. The van der Waals surface area contributed by atoms with Gasteiger partial charge in [-0.1, -0.05) is 19.3 Å². The van der Waals surface area contributed by atoms with E-state index in [9.17, 15) is 4.79 Å². The molecule has 0 aliphatic heterocycles. The van der Waals surface area contributed by atoms with Crippen LogP contribution in [0.15, 0.2) is 0 Å². The van der Waals surface area contributed by atoms with E-state index < -0.39 is 0 Å². The standard InChI is InChI=1S/C12H21NO/c1-13-9-12(7-8-12)11(14)10-5-3-2-4-6-10/h10,13H,2-9H2,1H3. The van der Waals surface area contributed by atoms with Crippen LogP contribution >= 0.6 is 0 Å². The van der Waals surface area contributed by atoms with Crippen LogP contribution < -0.4 is 5.32 Å². The normalized spacial score (nSPS) is 26.1. The zero-order valence-electron chi connectivity index (χ0n) is 9.14. The van der Waals surface area contributed by atoms with Crippen molar-refractivity contribution in [3.63, 3.8) is 0 Å². The third-order valence-electron chi connectivity index (χ3n) is 3.87. The molecule has 0 unspecified atom stereocenters. The molecule has 0 radical (unpaired) electrons. The van der Waals surface area contributed by atoms with Crippen molar-refractivity contribution < 1.29 is 4.79 Å². The fraction of sp³-hybridized carbons (Fsp3) is 0.917. The van der Waals surface area contributed by atoms with Crippen molar-refractivity contribution in [1.29, 1.82) is 0 Å². The van der Waals surface area contributed by atoms with Crippen LogP contribution in [0.5, 0.6) is 0 Å². The number of rotatable bonds is 4. The van der Waals surface area contributed by atoms with Crippen LogP contribution in [0.1, 0.15) is 44.9 Å². The molecule has 2 heteroatoms. The quantitative estimate of drug-likeness (QED) is 0.744. The van der Waals surface area contributed by atoms with Gasteiger partial charge in [0, 0.05) is 17.9 Å². The highest BCUT2D eigenvalue weighted by Crippen LogP contribution is 2.49. The third-order valence-corrected chi connectivity index (χ3v) is 3.87. The van der Waals surface area contributed by atoms with E-state index in [1.54, 1.807) is 0 Å². The van der Waals surface area contributed by atoms with E-state index in [2.05, 4.69) is 5.32 Å². The van der Waals surface area contributed by atoms with Crippen LogP contribution in [0.3, 0.4) is 0 Å². The summed E-state index contributed by atoms with van der Waals surface area (Å²) in [6, 6.07) is 0. The number of carbonyl (C=O) groups excluding carboxylic acids is 1. The van der Waals surface area contributed by atoms with Crippen LogP contribution in [-0.4, -0.2) is 19.4 Å². The molecule has 0 bridgehead atoms. The summed E-state index contributed by atoms with van der Waals surface area (Å²) >= 11 is 0. The second-order valence-electron chi connectivity index (χ2n) is 5.01. The van der Waals surface area contributed by atoms with Gasteiger partial charge in [0.1, 0.15) is 5.78 Å². The molecule has 14 heavy (non-hydrogen) atoms. The molecular formula is C12H21NO. The topological polar surface area (TPSA) is 29.1 Å². The SMILES string of the molecule is CNCC1(C(=O)C2CCCCC2)CC1. The Morgan fingerprint density at radius 2 is 1.93 bits per heavy atom. The minimum atomic E-state index is 0.0662. The smallest absolute Gasteiger partial charge is 0.143 e. The molecule has 0 aromatic rings. The van der Waals surface area contributed by atoms with Crippen LogP contribution in [0.4, 0.5) is 0 Å². The Labute approximate surface area is 86.5 Å². The Kier molecular flexibility index (Phi) is 2.91. The molecule has 2 nitrogen and oxygen atoms in total. The number of Topliss-reactive ketones (excluding diaryl/α,β-unsaturated/α-hetero) is 1. The van der Waals surface area contributed by atoms with Gasteiger partial charge in [-0.15, -0.1) is 0 Å². The van der Waals surface area contributed by atoms with Gasteiger partial charge in [-0.05, 0) is 32.7 Å². The van der Waals surface area contributed by atoms with Gasteiger partial charge in [0.05, 0.1) is 0 Å². The van der Waals surface area contributed by atoms with Crippen molar-refractivity contribution in [1.82, 2.24) is 5.32 Å². The number of carbonyl (C=O) groups is 1. The second-order valence-corrected chi connectivity index (χ2v) is 5.01. The fourth-order valence-corrected chi connectivity index (χ4v) is 2.80. The fourth-order valence-electron chi connectivity index (χ4n) is 2.80. The average Bonchev–Trinajstić information content (AvgIpc) is 3.00. The van der Waals surface area contributed by atoms with Gasteiger partial charge in [0.25, 0.3) is 0 Å². The summed E-state index contributed by atoms with van der Waals surface area (Å²) in [5.74, 6) is 0.978. The second kappa shape index (κ2) is 4.01. The maximum atomic E-state index is 12.2. The molecule has 0 amide bonds. The van der Waals surface area contributed by atoms with Crippen LogP contribution in [0.25, 0.3) is 0 Å². The maximum absolute atomic E-state index is 12.2. The van der Waals surface area contributed by atoms with Gasteiger partial charge < -0.3 is 5.32 Å². The van der Waals surface area contributed by atoms with E-state index in [-0.39, 0.29) is 5.41 Å². The molecule has 2 aliphatic rings. The van der Waals surface area contributed by atoms with E-state index in [4.69, 9.17) is 0 Å². The van der Waals surface area contributed by atoms with Gasteiger partial charge in [-0.3, -0.25) is 4.79 Å². The predicted octanol–water partition coefficient (Wildman–Crippen LogP) is 2.14. The number of hydrogen-bond acceptors (Lipinski definition) is 2. The van der Waals surface area contributed by atoms with Gasteiger partial charge in [-0.25, -0.2) is 0 Å². The first-order valence-electron chi connectivity index (χ1n) is 5.97. The minimum Gasteiger partial charge on any atom is -0.319 e. The summed E-state index contributed by atoms with van der Waals surface area (Å²) in [7, 11) is 1.95. The lowest BCUT2D eigenvalue weighted by molar-refractivity contribution is -0.129. The molecule has 0 atom stereocenters. The zero-order valence-corrected chi connectivity index (χ0v) is 9.14. The molecule has 0 heterocycles. The first-order valence-corrected chi connectivity index (χ1v) is 5.97. The lowest BCUT2D eigenvalue weighted by Gasteiger charge is -2.25. The van der Waals surface area contributed by atoms with Crippen LogP contribution in [0, 0.1) is 11.3 Å². The predicted molar refractivity (Wildman–Crippen MR) is 57.2 cm³/mol. The highest BCUT2D eigenvalue weighted by molar-refractivity contribution is 5.89. The average molecular weight is 195 g/mol. The Morgan fingerprint density at radius 3 is 2.43 bits per heavy atom. The van der Waals surface area contributed by atoms with Crippen molar-refractivity contribution >= 4 is 5.78 Å². The molecule has 1 N–H and O–H groups in total. The van der Waals surface area contributed by atoms with Crippen molar-refractivity contribution in [2.75, 3.05) is 13.6 Å². The highest BCUT2D eigenvalue weighted by Gasteiger charge is 2.50. The van der Waals surface area contributed by atoms with Crippen molar-refractivity contribution in [2.45, 2.75) is 44.9 Å². The summed E-state index contributed by atoms with van der Waals surface area (Å²) in [5, 5.41) is 3.17. The van der Waals surface area contributed by atoms with Gasteiger partial charge >= 0.3 is 0 Å². The molecular weight excluding hydrogens is 174 g/mol. The van der Waals surface area contributed by atoms with Gasteiger partial charge in [-0.2, -0.15) is 0 Å². The monoisotopic (exact) mass is 195 g/mol. The zero-order chi connectivity index (χ0) is 10.0. The number of nitrogens with one attached hydrogen (secondary N) is 1. The van der Waals surface area contributed by atoms with E-state index in [0.717, 1.165) is 32.2 Å². The van der Waals surface area contributed by atoms with Gasteiger partial charge in [0.2, 0.25) is 0 Å². The first kappa shape index (κ1) is 10.2. The molecule has 2 rings (SSSR count). The summed E-state index contributed by atoms with van der Waals surface area (Å²) in [6.45, 7) is 0.905. The molecule has 2 saturated carbocycles. The lowest BCUT2D eigenvalue weighted by Crippen LogP contribution is -2.33. The van der Waals surface area contributed by atoms with Crippen LogP contribution in [0.2, 0.25) is 0 Å². The largest absolute Gasteiger partial charge is 0.319 e. The van der Waals surface area contributed by atoms with E-state index in [0.29, 0.717) is 11.7 Å². The van der Waals surface area contributed by atoms with Gasteiger partial charge in [0.15, 0.2) is 0 Å². The Balaban J connectivity index is 1.93. The van der Waals surface area contributed by atoms with E-state index in [1.165, 1.54) is 19.3 Å². The summed E-state index contributed by atoms with van der Waals surface area (Å²) in [6.07, 6.45) is 8.45. The molecule has 2 aliphatic carbocycles. The maximum Gasteiger partial charge on any atom is 0.143 e. The number of hydrogen-bond donors (Lipinski definition) is 1. The third kappa shape index (κ3) is 1.85. The molecule has 0 aromatic carbocycles. The first-order chi connectivity index (χ1) is 6.78. The number of ketones is 1. The molecule has 0 aromatic heterocycles. The lowest BCUT2D eigenvalue weighted by atomic mass is 9.80. The molecule has 80 valence electrons. The Morgan fingerprint density at radius 1 is 1.29 bits per heavy atom. The van der Waals surface area contributed by atoms with Crippen molar-refractivity contribution in [2.24, 2.45) is 11.3 Å². The summed E-state index contributed by atoms with van der Waals surface area (Å²) in [4.78, 5) is 12.2. The Hall–Kier alpha value is -0.370. The van der Waals surface area contributed by atoms with Crippen LogP contribution in [-0.2, 0) is 4.79 Å². The summed E-state index contributed by atoms with van der Waals surface area (Å²) < 4.78 is 0. The molecule has 2 fully saturated rings. The van der Waals surface area contributed by atoms with E-state index >= 15 is 0 Å².